The first kappa shape index (κ1) is 33.6. The predicted octanol–water partition coefficient (Wildman–Crippen LogP) is 16.0. The summed E-state index contributed by atoms with van der Waals surface area (Å²) >= 11 is 1.87. The van der Waals surface area contributed by atoms with E-state index in [9.17, 15) is 0 Å². The van der Waals surface area contributed by atoms with Gasteiger partial charge in [-0.1, -0.05) is 172 Å². The molecule has 1 heterocycles. The zero-order chi connectivity index (χ0) is 38.1. The lowest BCUT2D eigenvalue weighted by molar-refractivity contribution is 0.660. The number of rotatable bonds is 6. The largest absolute Gasteiger partial charge is 0.310 e. The fourth-order valence-corrected chi connectivity index (χ4v) is 10.5. The number of nitrogens with zero attached hydrogens (tertiary/aromatic N) is 1. The van der Waals surface area contributed by atoms with Gasteiger partial charge in [0.05, 0.1) is 5.69 Å². The number of fused-ring (bicyclic) bond motifs is 7. The molecule has 0 saturated carbocycles. The molecular weight excluding hydrogens is 707 g/mol. The number of para-hydroxylation sites is 1. The van der Waals surface area contributed by atoms with Crippen molar-refractivity contribution >= 4 is 59.3 Å². The quantitative estimate of drug-likeness (QED) is 0.164. The van der Waals surface area contributed by atoms with E-state index in [0.29, 0.717) is 0 Å². The van der Waals surface area contributed by atoms with Crippen molar-refractivity contribution in [1.82, 2.24) is 0 Å². The monoisotopic (exact) mass is 745 g/mol. The van der Waals surface area contributed by atoms with Crippen LogP contribution in [0, 0.1) is 0 Å². The van der Waals surface area contributed by atoms with Gasteiger partial charge < -0.3 is 4.90 Å². The SMILES string of the molecule is CC1(C)c2ccccc2-c2c(-c3ccccc3N(c3cccc(-c4ccc5c(c4)sc4ccccc45)c3)c3cccc(-c4cccc5ccccc45)c3)cccc21. The van der Waals surface area contributed by atoms with Crippen LogP contribution in [0.2, 0.25) is 0 Å². The molecular formula is C55H39NS. The first-order valence-electron chi connectivity index (χ1n) is 19.8. The van der Waals surface area contributed by atoms with Gasteiger partial charge in [-0.25, -0.2) is 0 Å². The van der Waals surface area contributed by atoms with E-state index in [4.69, 9.17) is 0 Å². The summed E-state index contributed by atoms with van der Waals surface area (Å²) < 4.78 is 2.64. The first-order chi connectivity index (χ1) is 28.0. The van der Waals surface area contributed by atoms with Gasteiger partial charge in [-0.15, -0.1) is 11.3 Å². The van der Waals surface area contributed by atoms with Gasteiger partial charge in [0.2, 0.25) is 0 Å². The first-order valence-corrected chi connectivity index (χ1v) is 20.6. The minimum Gasteiger partial charge on any atom is -0.310 e. The van der Waals surface area contributed by atoms with Crippen LogP contribution in [0.25, 0.3) is 75.5 Å². The fraction of sp³-hybridized carbons (Fsp3) is 0.0545. The lowest BCUT2D eigenvalue weighted by atomic mass is 9.82. The van der Waals surface area contributed by atoms with Gasteiger partial charge in [-0.05, 0) is 103 Å². The number of hydrogen-bond donors (Lipinski definition) is 0. The van der Waals surface area contributed by atoms with Gasteiger partial charge in [-0.2, -0.15) is 0 Å². The van der Waals surface area contributed by atoms with Crippen LogP contribution in [0.15, 0.2) is 200 Å². The van der Waals surface area contributed by atoms with Gasteiger partial charge in [0, 0.05) is 42.5 Å². The Bertz CT molecular complexity index is 3180. The molecule has 1 nitrogen and oxygen atoms in total. The molecule has 270 valence electrons. The summed E-state index contributed by atoms with van der Waals surface area (Å²) in [5.74, 6) is 0. The summed E-state index contributed by atoms with van der Waals surface area (Å²) in [6, 6.07) is 74.0. The van der Waals surface area contributed by atoms with E-state index >= 15 is 0 Å². The molecule has 0 aliphatic heterocycles. The van der Waals surface area contributed by atoms with Crippen molar-refractivity contribution in [2.24, 2.45) is 0 Å². The van der Waals surface area contributed by atoms with Gasteiger partial charge >= 0.3 is 0 Å². The van der Waals surface area contributed by atoms with Crippen molar-refractivity contribution in [1.29, 1.82) is 0 Å². The highest BCUT2D eigenvalue weighted by Gasteiger charge is 2.37. The molecule has 0 unspecified atom stereocenters. The molecule has 2 heteroatoms. The summed E-state index contributed by atoms with van der Waals surface area (Å²) in [4.78, 5) is 2.47. The van der Waals surface area contributed by atoms with E-state index in [2.05, 4.69) is 219 Å². The lowest BCUT2D eigenvalue weighted by Gasteiger charge is -2.29. The Kier molecular flexibility index (Phi) is 7.77. The topological polar surface area (TPSA) is 3.24 Å². The minimum absolute atomic E-state index is 0.0901. The van der Waals surface area contributed by atoms with Crippen LogP contribution in [0.1, 0.15) is 25.0 Å². The molecule has 57 heavy (non-hydrogen) atoms. The van der Waals surface area contributed by atoms with Gasteiger partial charge in [-0.3, -0.25) is 0 Å². The Morgan fingerprint density at radius 3 is 1.84 bits per heavy atom. The van der Waals surface area contributed by atoms with Crippen LogP contribution in [0.3, 0.4) is 0 Å². The Morgan fingerprint density at radius 2 is 0.965 bits per heavy atom. The average Bonchev–Trinajstić information content (AvgIpc) is 3.75. The van der Waals surface area contributed by atoms with E-state index in [-0.39, 0.29) is 5.41 Å². The minimum atomic E-state index is -0.0901. The number of thiophene rings is 1. The molecule has 1 aromatic heterocycles. The van der Waals surface area contributed by atoms with Crippen molar-refractivity contribution in [2.75, 3.05) is 4.90 Å². The van der Waals surface area contributed by atoms with Gasteiger partial charge in [0.25, 0.3) is 0 Å². The zero-order valence-electron chi connectivity index (χ0n) is 31.9. The Labute approximate surface area is 337 Å². The summed E-state index contributed by atoms with van der Waals surface area (Å²) in [7, 11) is 0. The second-order valence-corrected chi connectivity index (χ2v) is 16.8. The lowest BCUT2D eigenvalue weighted by Crippen LogP contribution is -2.15. The molecule has 0 amide bonds. The number of hydrogen-bond acceptors (Lipinski definition) is 2. The van der Waals surface area contributed by atoms with Gasteiger partial charge in [0.1, 0.15) is 0 Å². The summed E-state index contributed by atoms with van der Waals surface area (Å²) in [5, 5.41) is 5.14. The molecule has 11 rings (SSSR count). The molecule has 0 radical (unpaired) electrons. The zero-order valence-corrected chi connectivity index (χ0v) is 32.7. The highest BCUT2D eigenvalue weighted by Crippen LogP contribution is 2.54. The van der Waals surface area contributed by atoms with E-state index in [1.54, 1.807) is 0 Å². The van der Waals surface area contributed by atoms with E-state index in [1.807, 2.05) is 11.3 Å². The molecule has 0 saturated heterocycles. The fourth-order valence-electron chi connectivity index (χ4n) is 9.32. The smallest absolute Gasteiger partial charge is 0.0540 e. The molecule has 0 bridgehead atoms. The van der Waals surface area contributed by atoms with E-state index < -0.39 is 0 Å². The maximum Gasteiger partial charge on any atom is 0.0540 e. The Hall–Kier alpha value is -6.74. The Balaban J connectivity index is 1.12. The van der Waals surface area contributed by atoms with Crippen molar-refractivity contribution in [3.8, 4) is 44.5 Å². The molecule has 1 aliphatic rings. The Morgan fingerprint density at radius 1 is 0.386 bits per heavy atom. The van der Waals surface area contributed by atoms with Crippen LogP contribution in [0.4, 0.5) is 17.1 Å². The second-order valence-electron chi connectivity index (χ2n) is 15.7. The molecule has 10 aromatic rings. The highest BCUT2D eigenvalue weighted by molar-refractivity contribution is 7.25. The van der Waals surface area contributed by atoms with Crippen LogP contribution >= 0.6 is 11.3 Å². The van der Waals surface area contributed by atoms with Crippen molar-refractivity contribution in [3.63, 3.8) is 0 Å². The third-order valence-electron chi connectivity index (χ3n) is 12.1. The van der Waals surface area contributed by atoms with Crippen LogP contribution < -0.4 is 4.90 Å². The van der Waals surface area contributed by atoms with Crippen molar-refractivity contribution < 1.29 is 0 Å². The normalized spacial score (nSPS) is 12.9. The third kappa shape index (κ3) is 5.44. The van der Waals surface area contributed by atoms with Crippen LogP contribution in [-0.2, 0) is 5.41 Å². The molecule has 0 N–H and O–H groups in total. The van der Waals surface area contributed by atoms with Gasteiger partial charge in [0.15, 0.2) is 0 Å². The third-order valence-corrected chi connectivity index (χ3v) is 13.2. The maximum absolute atomic E-state index is 2.47. The van der Waals surface area contributed by atoms with E-state index in [1.165, 1.54) is 86.6 Å². The number of anilines is 3. The summed E-state index contributed by atoms with van der Waals surface area (Å²) in [6.45, 7) is 4.72. The molecule has 9 aromatic carbocycles. The second kappa shape index (κ2) is 13.2. The summed E-state index contributed by atoms with van der Waals surface area (Å²) in [5.41, 5.74) is 16.0. The van der Waals surface area contributed by atoms with Crippen LogP contribution in [0.5, 0.6) is 0 Å². The molecule has 0 fully saturated rings. The molecule has 0 spiro atoms. The number of benzene rings is 9. The summed E-state index contributed by atoms with van der Waals surface area (Å²) in [6.07, 6.45) is 0. The molecule has 1 aliphatic carbocycles. The maximum atomic E-state index is 2.47. The van der Waals surface area contributed by atoms with E-state index in [0.717, 1.165) is 17.1 Å². The standard InChI is InChI=1S/C55H39NS/c1-55(2)49-27-8-5-24-48(49)54-47(26-14-28-50(54)55)44-22-6-9-29-51(44)56(41-20-12-18-39(34-41)43-25-13-16-36-15-3-4-21-42(36)43)40-19-11-17-37(33-40)38-31-32-46-45-23-7-10-30-52(45)57-53(46)35-38/h3-35H,1-2H3. The molecule has 0 atom stereocenters. The average molecular weight is 746 g/mol. The van der Waals surface area contributed by atoms with Crippen LogP contribution in [-0.4, -0.2) is 0 Å². The highest BCUT2D eigenvalue weighted by atomic mass is 32.1. The van der Waals surface area contributed by atoms with Crippen molar-refractivity contribution in [3.05, 3.63) is 211 Å². The van der Waals surface area contributed by atoms with Crippen molar-refractivity contribution in [2.45, 2.75) is 19.3 Å². The predicted molar refractivity (Wildman–Crippen MR) is 245 cm³/mol.